The van der Waals surface area contributed by atoms with Gasteiger partial charge in [0.05, 0.1) is 26.7 Å². The molecule has 2 aliphatic carbocycles. The highest BCUT2D eigenvalue weighted by Crippen LogP contribution is 2.49. The lowest BCUT2D eigenvalue weighted by atomic mass is 9.58. The molecule has 0 aliphatic heterocycles. The Bertz CT molecular complexity index is 1140. The molecule has 178 valence electrons. The van der Waals surface area contributed by atoms with Crippen LogP contribution in [0.1, 0.15) is 48.0 Å². The summed E-state index contributed by atoms with van der Waals surface area (Å²) in [6.45, 7) is 0. The molecule has 2 aliphatic rings. The average Bonchev–Trinajstić information content (AvgIpc) is 2.82. The third-order valence-electron chi connectivity index (χ3n) is 6.44. The minimum atomic E-state index is -1.08. The molecule has 2 saturated carbocycles. The summed E-state index contributed by atoms with van der Waals surface area (Å²) in [6, 6.07) is 5.67. The van der Waals surface area contributed by atoms with E-state index in [1.165, 1.54) is 12.4 Å². The molecule has 1 spiro atoms. The van der Waals surface area contributed by atoms with Gasteiger partial charge in [0.1, 0.15) is 5.38 Å². The zero-order chi connectivity index (χ0) is 24.5. The summed E-state index contributed by atoms with van der Waals surface area (Å²) in [6.07, 6.45) is 7.03. The number of amides is 1. The molecule has 0 saturated heterocycles. The topological polar surface area (TPSA) is 109 Å². The van der Waals surface area contributed by atoms with Crippen molar-refractivity contribution in [1.29, 1.82) is 0 Å². The Morgan fingerprint density at radius 1 is 1.12 bits per heavy atom. The van der Waals surface area contributed by atoms with Crippen molar-refractivity contribution in [2.75, 3.05) is 5.32 Å². The first kappa shape index (κ1) is 24.6. The predicted molar refractivity (Wildman–Crippen MR) is 131 cm³/mol. The second-order valence-corrected chi connectivity index (χ2v) is 9.82. The first-order chi connectivity index (χ1) is 16.2. The summed E-state index contributed by atoms with van der Waals surface area (Å²) in [4.78, 5) is 45.3. The van der Waals surface area contributed by atoms with Crippen molar-refractivity contribution in [2.24, 2.45) is 10.4 Å². The summed E-state index contributed by atoms with van der Waals surface area (Å²) < 4.78 is 0. The van der Waals surface area contributed by atoms with Crippen LogP contribution in [-0.4, -0.2) is 44.9 Å². The monoisotopic (exact) mass is 521 g/mol. The highest BCUT2D eigenvalue weighted by Gasteiger charge is 2.58. The van der Waals surface area contributed by atoms with Gasteiger partial charge in [0.15, 0.2) is 11.8 Å². The van der Waals surface area contributed by atoms with Gasteiger partial charge in [0.2, 0.25) is 0 Å². The van der Waals surface area contributed by atoms with Crippen molar-refractivity contribution in [3.8, 4) is 0 Å². The van der Waals surface area contributed by atoms with E-state index in [4.69, 9.17) is 34.8 Å². The number of aliphatic imine (C=N–C) groups is 1. The normalized spacial score (nSPS) is 21.2. The second-order valence-electron chi connectivity index (χ2n) is 8.57. The van der Waals surface area contributed by atoms with Crippen LogP contribution in [0, 0.1) is 5.41 Å². The maximum Gasteiger partial charge on any atom is 0.328 e. The minimum Gasteiger partial charge on any atom is -0.480 e. The quantitative estimate of drug-likeness (QED) is 0.506. The van der Waals surface area contributed by atoms with Gasteiger partial charge in [-0.15, -0.1) is 11.6 Å². The van der Waals surface area contributed by atoms with Gasteiger partial charge >= 0.3 is 5.97 Å². The van der Waals surface area contributed by atoms with Gasteiger partial charge in [-0.3, -0.25) is 19.6 Å². The number of carboxylic acids is 1. The Morgan fingerprint density at radius 3 is 2.32 bits per heavy atom. The lowest BCUT2D eigenvalue weighted by Crippen LogP contribution is -2.61. The number of anilines is 1. The maximum atomic E-state index is 12.5. The number of carbonyl (C=O) groups excluding carboxylic acids is 2. The number of nitrogens with one attached hydrogen (secondary N) is 1. The molecule has 34 heavy (non-hydrogen) atoms. The number of carbonyl (C=O) groups is 3. The summed E-state index contributed by atoms with van der Waals surface area (Å²) in [5.74, 6) is -1.60. The maximum absolute atomic E-state index is 12.5. The molecule has 2 N–H and O–H groups in total. The first-order valence-electron chi connectivity index (χ1n) is 10.9. The van der Waals surface area contributed by atoms with Gasteiger partial charge in [-0.25, -0.2) is 4.79 Å². The summed E-state index contributed by atoms with van der Waals surface area (Å²) in [5, 5.41) is 11.9. The molecule has 1 unspecified atom stereocenters. The molecule has 0 radical (unpaired) electrons. The van der Waals surface area contributed by atoms with E-state index in [2.05, 4.69) is 15.3 Å². The Hall–Kier alpha value is -2.48. The van der Waals surface area contributed by atoms with Crippen molar-refractivity contribution in [2.45, 2.75) is 49.9 Å². The van der Waals surface area contributed by atoms with Crippen molar-refractivity contribution in [3.05, 3.63) is 57.8 Å². The minimum absolute atomic E-state index is 0.0359. The molecule has 1 aromatic carbocycles. The lowest BCUT2D eigenvalue weighted by molar-refractivity contribution is -0.138. The molecular weight excluding hydrogens is 501 g/mol. The molecule has 7 nitrogen and oxygen atoms in total. The number of pyridine rings is 1. The molecule has 4 rings (SSSR count). The van der Waals surface area contributed by atoms with Gasteiger partial charge in [0.25, 0.3) is 5.91 Å². The number of aromatic nitrogens is 1. The molecule has 1 aromatic heterocycles. The van der Waals surface area contributed by atoms with Crippen LogP contribution in [0.3, 0.4) is 0 Å². The van der Waals surface area contributed by atoms with E-state index in [-0.39, 0.29) is 27.8 Å². The molecule has 2 fully saturated rings. The highest BCUT2D eigenvalue weighted by molar-refractivity contribution is 6.54. The number of hydrogen-bond donors (Lipinski definition) is 2. The van der Waals surface area contributed by atoms with E-state index in [0.29, 0.717) is 29.8 Å². The molecule has 2 aromatic rings. The van der Waals surface area contributed by atoms with Crippen LogP contribution < -0.4 is 5.32 Å². The zero-order valence-corrected chi connectivity index (χ0v) is 20.3. The van der Waals surface area contributed by atoms with E-state index >= 15 is 0 Å². The van der Waals surface area contributed by atoms with Gasteiger partial charge in [-0.05, 0) is 30.5 Å². The van der Waals surface area contributed by atoms with Gasteiger partial charge in [0, 0.05) is 24.5 Å². The van der Waals surface area contributed by atoms with Gasteiger partial charge in [-0.1, -0.05) is 54.6 Å². The predicted octanol–water partition coefficient (Wildman–Crippen LogP) is 5.22. The van der Waals surface area contributed by atoms with Crippen LogP contribution >= 0.6 is 34.8 Å². The molecule has 2 atom stereocenters. The van der Waals surface area contributed by atoms with Crippen LogP contribution in [0.2, 0.25) is 10.0 Å². The van der Waals surface area contributed by atoms with Crippen molar-refractivity contribution in [1.82, 2.24) is 4.98 Å². The Kier molecular flexibility index (Phi) is 7.26. The number of alkyl halides is 1. The number of hydrogen-bond acceptors (Lipinski definition) is 5. The van der Waals surface area contributed by atoms with E-state index in [0.717, 1.165) is 19.3 Å². The fourth-order valence-electron chi connectivity index (χ4n) is 4.63. The van der Waals surface area contributed by atoms with Crippen LogP contribution in [0.25, 0.3) is 0 Å². The lowest BCUT2D eigenvalue weighted by Gasteiger charge is -2.47. The number of halogens is 3. The number of benzene rings is 1. The summed E-state index contributed by atoms with van der Waals surface area (Å²) in [5.41, 5.74) is 1.15. The van der Waals surface area contributed by atoms with Crippen molar-refractivity contribution >= 4 is 63.9 Å². The molecule has 1 amide bonds. The number of aliphatic carboxylic acids is 1. The van der Waals surface area contributed by atoms with E-state index in [1.807, 2.05) is 0 Å². The third-order valence-corrected chi connectivity index (χ3v) is 7.42. The molecule has 1 heterocycles. The smallest absolute Gasteiger partial charge is 0.328 e. The zero-order valence-electron chi connectivity index (χ0n) is 18.1. The largest absolute Gasteiger partial charge is 0.480 e. The van der Waals surface area contributed by atoms with Crippen LogP contribution in [0.5, 0.6) is 0 Å². The van der Waals surface area contributed by atoms with E-state index in [9.17, 15) is 19.5 Å². The SMILES string of the molecule is O=C(Nc1ccc(C[C@H](N=C2C(Cl)C(=O)C23CCCCC3)C(=O)O)cc1)c1c(Cl)cncc1Cl. The Labute approximate surface area is 211 Å². The standard InChI is InChI=1S/C24H22Cl3N3O4/c25-15-11-28-12-16(26)18(15)22(32)29-14-6-4-13(5-7-14)10-17(23(33)34)30-20-19(27)21(31)24(20)8-2-1-3-9-24/h4-7,11-12,17,19H,1-3,8-10H2,(H,29,32)(H,33,34)/t17-,19?/m0/s1. The second kappa shape index (κ2) is 10.0. The third kappa shape index (κ3) is 4.69. The van der Waals surface area contributed by atoms with E-state index < -0.39 is 28.7 Å². The Balaban J connectivity index is 1.48. The van der Waals surface area contributed by atoms with Crippen LogP contribution in [0.15, 0.2) is 41.7 Å². The summed E-state index contributed by atoms with van der Waals surface area (Å²) in [7, 11) is 0. The Morgan fingerprint density at radius 2 is 1.74 bits per heavy atom. The van der Waals surface area contributed by atoms with Gasteiger partial charge in [-0.2, -0.15) is 0 Å². The van der Waals surface area contributed by atoms with Crippen LogP contribution in [-0.2, 0) is 16.0 Å². The first-order valence-corrected chi connectivity index (χ1v) is 12.1. The fourth-order valence-corrected chi connectivity index (χ4v) is 5.64. The number of ketones is 1. The number of carboxylic acid groups (broad SMARTS) is 1. The molecule has 0 bridgehead atoms. The molecule has 10 heteroatoms. The van der Waals surface area contributed by atoms with E-state index in [1.54, 1.807) is 24.3 Å². The highest BCUT2D eigenvalue weighted by atomic mass is 35.5. The number of Topliss-reactive ketones (excluding diaryl/α,β-unsaturated/α-hetero) is 1. The van der Waals surface area contributed by atoms with Crippen LogP contribution in [0.4, 0.5) is 5.69 Å². The molecular formula is C24H22Cl3N3O4. The van der Waals surface area contributed by atoms with Gasteiger partial charge < -0.3 is 10.4 Å². The fraction of sp³-hybridized carbons (Fsp3) is 0.375. The number of nitrogens with zero attached hydrogens (tertiary/aromatic N) is 2. The number of rotatable bonds is 6. The van der Waals surface area contributed by atoms with Crippen molar-refractivity contribution in [3.63, 3.8) is 0 Å². The van der Waals surface area contributed by atoms with Crippen molar-refractivity contribution < 1.29 is 19.5 Å². The summed E-state index contributed by atoms with van der Waals surface area (Å²) >= 11 is 18.3. The average molecular weight is 523 g/mol.